The summed E-state index contributed by atoms with van der Waals surface area (Å²) in [7, 11) is -7.00. The van der Waals surface area contributed by atoms with Crippen molar-refractivity contribution in [2.24, 2.45) is 0 Å². The summed E-state index contributed by atoms with van der Waals surface area (Å²) in [6, 6.07) is 44.3. The van der Waals surface area contributed by atoms with E-state index in [1.165, 1.54) is 37.5 Å². The second-order valence-electron chi connectivity index (χ2n) is 22.1. The van der Waals surface area contributed by atoms with Gasteiger partial charge in [0.25, 0.3) is 0 Å². The van der Waals surface area contributed by atoms with Crippen molar-refractivity contribution in [2.45, 2.75) is 143 Å². The van der Waals surface area contributed by atoms with Crippen LogP contribution in [0.2, 0.25) is 40.3 Å². The maximum absolute atomic E-state index is 12.3. The van der Waals surface area contributed by atoms with Gasteiger partial charge in [-0.05, 0) is 129 Å². The van der Waals surface area contributed by atoms with Crippen molar-refractivity contribution in [3.8, 4) is 22.9 Å². The minimum absolute atomic E-state index is 0.0920. The van der Waals surface area contributed by atoms with Crippen molar-refractivity contribution in [3.63, 3.8) is 0 Å². The predicted molar refractivity (Wildman–Crippen MR) is 303 cm³/mol. The van der Waals surface area contributed by atoms with Gasteiger partial charge in [0.2, 0.25) is 0 Å². The van der Waals surface area contributed by atoms with Crippen LogP contribution in [0.3, 0.4) is 0 Å². The molecule has 0 saturated heterocycles. The lowest BCUT2D eigenvalue weighted by Gasteiger charge is -2.36. The summed E-state index contributed by atoms with van der Waals surface area (Å²) < 4.78 is 12.1. The van der Waals surface area contributed by atoms with E-state index in [1.54, 1.807) is 0 Å². The van der Waals surface area contributed by atoms with E-state index in [0.717, 1.165) is 38.2 Å². The fourth-order valence-corrected chi connectivity index (χ4v) is 20.1. The number of hydrogen-bond donors (Lipinski definition) is 1. The average molecular weight is 982 g/mol. The quantitative estimate of drug-likeness (QED) is 0.0509. The molecule has 0 aliphatic heterocycles. The number of hydrogen-bond acceptors (Lipinski definition) is 4. The smallest absolute Gasteiger partial charge is 0.306 e. The molecule has 0 unspecified atom stereocenters. The molecule has 70 heavy (non-hydrogen) atoms. The summed E-state index contributed by atoms with van der Waals surface area (Å²) in [6.07, 6.45) is -0.396. The largest absolute Gasteiger partial charge is 0.481 e. The van der Waals surface area contributed by atoms with Gasteiger partial charge in [-0.15, -0.1) is 11.1 Å². The molecule has 7 aromatic rings. The van der Waals surface area contributed by atoms with Crippen LogP contribution in [0.15, 0.2) is 121 Å². The SMILES string of the molecule is CC(C)[Si](C#Cc1c2cc3ccccc3cc2c(C#C[Si](c2ccc(CO[Si](C)(C)C(C)(C)C)cc2)(C(C)C)C(C)C)c2cc3ccccc3cc12)(c1ccc(COC(=O)CCC(=O)O)cc1)C(C)C. The maximum atomic E-state index is 12.3. The van der Waals surface area contributed by atoms with Gasteiger partial charge in [0.1, 0.15) is 6.61 Å². The number of aliphatic carboxylic acids is 1. The van der Waals surface area contributed by atoms with Crippen LogP contribution in [0, 0.1) is 22.9 Å². The molecule has 7 aromatic carbocycles. The molecule has 8 heteroatoms. The second kappa shape index (κ2) is 20.9. The van der Waals surface area contributed by atoms with Crippen molar-refractivity contribution in [1.82, 2.24) is 0 Å². The third-order valence-corrected chi connectivity index (χ3v) is 30.9. The Bertz CT molecular complexity index is 3080. The zero-order chi connectivity index (χ0) is 50.8. The Morgan fingerprint density at radius 2 is 0.871 bits per heavy atom. The van der Waals surface area contributed by atoms with Gasteiger partial charge in [-0.25, -0.2) is 0 Å². The Balaban J connectivity index is 1.44. The summed E-state index contributed by atoms with van der Waals surface area (Å²) in [5.74, 6) is 6.48. The highest BCUT2D eigenvalue weighted by atomic mass is 28.4. The first-order valence-corrected chi connectivity index (χ1v) is 32.4. The molecule has 0 aliphatic carbocycles. The molecule has 0 fully saturated rings. The summed E-state index contributed by atoms with van der Waals surface area (Å²) in [6.45, 7) is 31.0. The zero-order valence-corrected chi connectivity index (χ0v) is 46.8. The van der Waals surface area contributed by atoms with Crippen LogP contribution in [-0.4, -0.2) is 41.5 Å². The van der Waals surface area contributed by atoms with Crippen molar-refractivity contribution in [1.29, 1.82) is 0 Å². The molecular weight excluding hydrogens is 909 g/mol. The highest BCUT2D eigenvalue weighted by Gasteiger charge is 2.42. The van der Waals surface area contributed by atoms with Crippen LogP contribution in [0.25, 0.3) is 43.1 Å². The first-order valence-electron chi connectivity index (χ1n) is 25.2. The van der Waals surface area contributed by atoms with E-state index in [9.17, 15) is 9.59 Å². The molecule has 362 valence electrons. The van der Waals surface area contributed by atoms with Crippen LogP contribution in [0.1, 0.15) is 111 Å². The number of carboxylic acids is 1. The first-order chi connectivity index (χ1) is 33.1. The number of fused-ring (bicyclic) bond motifs is 4. The van der Waals surface area contributed by atoms with E-state index in [2.05, 4.69) is 221 Å². The Morgan fingerprint density at radius 1 is 0.529 bits per heavy atom. The number of benzene rings is 7. The van der Waals surface area contributed by atoms with Crippen LogP contribution >= 0.6 is 0 Å². The maximum Gasteiger partial charge on any atom is 0.306 e. The van der Waals surface area contributed by atoms with Crippen molar-refractivity contribution >= 4 is 89.9 Å². The average Bonchev–Trinajstić information content (AvgIpc) is 3.31. The first kappa shape index (κ1) is 52.1. The highest BCUT2D eigenvalue weighted by molar-refractivity contribution is 7.01. The summed E-state index contributed by atoms with van der Waals surface area (Å²) in [5.41, 5.74) is 13.7. The van der Waals surface area contributed by atoms with Gasteiger partial charge in [0, 0.05) is 11.1 Å². The molecule has 7 rings (SSSR count). The van der Waals surface area contributed by atoms with E-state index < -0.39 is 36.4 Å². The lowest BCUT2D eigenvalue weighted by atomic mass is 9.89. The lowest BCUT2D eigenvalue weighted by Crippen LogP contribution is -2.52. The van der Waals surface area contributed by atoms with Gasteiger partial charge in [0.15, 0.2) is 24.5 Å². The standard InChI is InChI=1S/C62H72O5Si3/c1-42(2)69(43(3)4,52-26-22-46(23-27-52)40-66-61(65)31-30-60(63)64)34-32-54-56-36-48-18-14-16-20-50(48)38-58(56)55(59-39-51-21-17-15-19-49(51)37-57(54)59)33-35-70(44(5)6,45(7)8)53-28-24-47(25-29-53)41-67-68(12,13)62(9,10)11/h14-29,36-39,42-45H,30-31,40-41H2,1-13H3,(H,63,64). The number of ether oxygens (including phenoxy) is 1. The molecule has 0 aliphatic rings. The molecule has 0 radical (unpaired) electrons. The monoisotopic (exact) mass is 980 g/mol. The Labute approximate surface area is 420 Å². The minimum atomic E-state index is -2.59. The Morgan fingerprint density at radius 3 is 1.19 bits per heavy atom. The molecular formula is C62H72O5Si3. The van der Waals surface area contributed by atoms with E-state index in [0.29, 0.717) is 17.7 Å². The molecule has 0 aromatic heterocycles. The number of carbonyl (C=O) groups is 2. The molecule has 0 spiro atoms. The number of rotatable bonds is 14. The lowest BCUT2D eigenvalue weighted by molar-refractivity contribution is -0.148. The van der Waals surface area contributed by atoms with Gasteiger partial charge in [-0.2, -0.15) is 0 Å². The zero-order valence-electron chi connectivity index (χ0n) is 43.8. The van der Waals surface area contributed by atoms with Gasteiger partial charge < -0.3 is 14.3 Å². The van der Waals surface area contributed by atoms with E-state index in [4.69, 9.17) is 14.3 Å². The summed E-state index contributed by atoms with van der Waals surface area (Å²) in [4.78, 5) is 23.3. The normalized spacial score (nSPS) is 12.5. The number of esters is 1. The van der Waals surface area contributed by atoms with E-state index in [1.807, 2.05) is 12.1 Å². The van der Waals surface area contributed by atoms with Crippen LogP contribution in [0.4, 0.5) is 0 Å². The van der Waals surface area contributed by atoms with E-state index >= 15 is 0 Å². The van der Waals surface area contributed by atoms with Gasteiger partial charge in [-0.1, -0.05) is 185 Å². The molecule has 0 heterocycles. The molecule has 0 bridgehead atoms. The molecule has 0 amide bonds. The highest BCUT2D eigenvalue weighted by Crippen LogP contribution is 2.40. The van der Waals surface area contributed by atoms with Gasteiger partial charge in [-0.3, -0.25) is 9.59 Å². The fourth-order valence-electron chi connectivity index (χ4n) is 10.3. The van der Waals surface area contributed by atoms with Crippen LogP contribution < -0.4 is 10.4 Å². The van der Waals surface area contributed by atoms with Gasteiger partial charge in [0.05, 0.1) is 19.4 Å². The second-order valence-corrected chi connectivity index (χ2v) is 36.7. The third kappa shape index (κ3) is 10.5. The molecule has 0 atom stereocenters. The summed E-state index contributed by atoms with van der Waals surface area (Å²) in [5, 5.41) is 20.9. The topological polar surface area (TPSA) is 72.8 Å². The van der Waals surface area contributed by atoms with Crippen molar-refractivity contribution in [3.05, 3.63) is 144 Å². The third-order valence-electron chi connectivity index (χ3n) is 15.5. The molecule has 5 nitrogen and oxygen atoms in total. The minimum Gasteiger partial charge on any atom is -0.481 e. The van der Waals surface area contributed by atoms with Crippen LogP contribution in [0.5, 0.6) is 0 Å². The predicted octanol–water partition coefficient (Wildman–Crippen LogP) is 14.9. The number of carbonyl (C=O) groups excluding carboxylic acids is 1. The van der Waals surface area contributed by atoms with Crippen molar-refractivity contribution < 1.29 is 23.9 Å². The Kier molecular flexibility index (Phi) is 15.6. The number of carboxylic acid groups (broad SMARTS) is 1. The van der Waals surface area contributed by atoms with E-state index in [-0.39, 0.29) is 35.6 Å². The van der Waals surface area contributed by atoms with Gasteiger partial charge >= 0.3 is 11.9 Å². The summed E-state index contributed by atoms with van der Waals surface area (Å²) >= 11 is 0. The molecule has 1 N–H and O–H groups in total. The van der Waals surface area contributed by atoms with Crippen molar-refractivity contribution in [2.75, 3.05) is 0 Å². The fraction of sp³-hybridized carbons (Fsp3) is 0.355. The molecule has 0 saturated carbocycles. The van der Waals surface area contributed by atoms with Crippen LogP contribution in [-0.2, 0) is 32.0 Å². The Hall–Kier alpha value is -5.75.